The molecule has 31 heavy (non-hydrogen) atoms. The molecule has 158 valence electrons. The quantitative estimate of drug-likeness (QED) is 0.561. The standard InChI is InChI=1S/C22H18ClN3O4S/c1-15-13-18(30-22-16(14-24)3-2-11-25-22)6-9-20(15)26-21(27)10-12-31(28,29)19-7-4-17(23)5-8-19/h2-9,11,13H,10,12H2,1H3,(H,26,27). The molecular formula is C22H18ClN3O4S. The number of amides is 1. The Morgan fingerprint density at radius 3 is 2.61 bits per heavy atom. The molecule has 1 amide bonds. The average Bonchev–Trinajstić information content (AvgIpc) is 2.75. The van der Waals surface area contributed by atoms with Crippen LogP contribution in [0.25, 0.3) is 0 Å². The predicted octanol–water partition coefficient (Wildman–Crippen LogP) is 4.51. The zero-order valence-corrected chi connectivity index (χ0v) is 18.1. The summed E-state index contributed by atoms with van der Waals surface area (Å²) in [7, 11) is -3.60. The average molecular weight is 456 g/mol. The molecule has 0 aliphatic carbocycles. The third-order valence-corrected chi connectivity index (χ3v) is 6.33. The maximum absolute atomic E-state index is 12.4. The van der Waals surface area contributed by atoms with E-state index in [1.54, 1.807) is 37.3 Å². The number of sulfone groups is 1. The molecule has 0 spiro atoms. The van der Waals surface area contributed by atoms with Crippen LogP contribution in [-0.2, 0) is 14.6 Å². The molecule has 3 rings (SSSR count). The van der Waals surface area contributed by atoms with Crippen molar-refractivity contribution >= 4 is 33.0 Å². The molecule has 2 aromatic carbocycles. The van der Waals surface area contributed by atoms with Crippen LogP contribution >= 0.6 is 11.6 Å². The molecule has 9 heteroatoms. The lowest BCUT2D eigenvalue weighted by Crippen LogP contribution is -2.18. The molecule has 0 aliphatic heterocycles. The van der Waals surface area contributed by atoms with Crippen molar-refractivity contribution in [2.75, 3.05) is 11.1 Å². The lowest BCUT2D eigenvalue weighted by Gasteiger charge is -2.11. The fourth-order valence-corrected chi connectivity index (χ4v) is 4.07. The molecular weight excluding hydrogens is 438 g/mol. The van der Waals surface area contributed by atoms with Crippen molar-refractivity contribution in [2.45, 2.75) is 18.2 Å². The van der Waals surface area contributed by atoms with E-state index in [0.29, 0.717) is 27.6 Å². The maximum atomic E-state index is 12.4. The van der Waals surface area contributed by atoms with Crippen molar-refractivity contribution in [1.29, 1.82) is 5.26 Å². The molecule has 0 atom stereocenters. The number of aromatic nitrogens is 1. The Labute approximate surface area is 185 Å². The number of nitriles is 1. The van der Waals surface area contributed by atoms with Crippen LogP contribution < -0.4 is 10.1 Å². The molecule has 0 radical (unpaired) electrons. The minimum atomic E-state index is -3.60. The summed E-state index contributed by atoms with van der Waals surface area (Å²) in [6.07, 6.45) is 1.33. The third kappa shape index (κ3) is 5.81. The highest BCUT2D eigenvalue weighted by Crippen LogP contribution is 2.27. The van der Waals surface area contributed by atoms with Gasteiger partial charge in [-0.15, -0.1) is 0 Å². The van der Waals surface area contributed by atoms with Crippen molar-refractivity contribution in [2.24, 2.45) is 0 Å². The molecule has 0 aliphatic rings. The fourth-order valence-electron chi connectivity index (χ4n) is 2.71. The van der Waals surface area contributed by atoms with Gasteiger partial charge in [0.05, 0.1) is 10.6 Å². The molecule has 7 nitrogen and oxygen atoms in total. The Hall–Kier alpha value is -3.41. The van der Waals surface area contributed by atoms with Gasteiger partial charge in [0.1, 0.15) is 17.4 Å². The lowest BCUT2D eigenvalue weighted by atomic mass is 10.2. The van der Waals surface area contributed by atoms with Crippen LogP contribution in [0.5, 0.6) is 11.6 Å². The van der Waals surface area contributed by atoms with Gasteiger partial charge in [-0.05, 0) is 67.1 Å². The van der Waals surface area contributed by atoms with Crippen LogP contribution in [0.1, 0.15) is 17.5 Å². The summed E-state index contributed by atoms with van der Waals surface area (Å²) in [4.78, 5) is 16.4. The number of hydrogen-bond acceptors (Lipinski definition) is 6. The molecule has 0 fully saturated rings. The van der Waals surface area contributed by atoms with Crippen molar-refractivity contribution < 1.29 is 17.9 Å². The Balaban J connectivity index is 1.63. The van der Waals surface area contributed by atoms with Gasteiger partial charge in [-0.2, -0.15) is 5.26 Å². The molecule has 0 saturated carbocycles. The molecule has 1 aromatic heterocycles. The van der Waals surface area contributed by atoms with Crippen molar-refractivity contribution in [3.8, 4) is 17.7 Å². The first-order valence-electron chi connectivity index (χ1n) is 9.20. The second-order valence-electron chi connectivity index (χ2n) is 6.62. The number of benzene rings is 2. The zero-order valence-electron chi connectivity index (χ0n) is 16.5. The van der Waals surface area contributed by atoms with Gasteiger partial charge in [0.15, 0.2) is 9.84 Å². The highest BCUT2D eigenvalue weighted by Gasteiger charge is 2.17. The monoisotopic (exact) mass is 455 g/mol. The summed E-state index contributed by atoms with van der Waals surface area (Å²) in [6, 6.07) is 16.0. The summed E-state index contributed by atoms with van der Waals surface area (Å²) in [5, 5.41) is 12.3. The van der Waals surface area contributed by atoms with Crippen molar-refractivity contribution in [1.82, 2.24) is 4.98 Å². The number of nitrogens with zero attached hydrogens (tertiary/aromatic N) is 2. The van der Waals surface area contributed by atoms with Crippen LogP contribution in [0.2, 0.25) is 5.02 Å². The van der Waals surface area contributed by atoms with Crippen LogP contribution in [0.15, 0.2) is 65.7 Å². The van der Waals surface area contributed by atoms with E-state index in [1.807, 2.05) is 6.07 Å². The number of rotatable bonds is 7. The van der Waals surface area contributed by atoms with Gasteiger partial charge in [-0.1, -0.05) is 11.6 Å². The molecule has 1 heterocycles. The number of ether oxygens (including phenoxy) is 1. The minimum Gasteiger partial charge on any atom is -0.438 e. The number of carbonyl (C=O) groups excluding carboxylic acids is 1. The van der Waals surface area contributed by atoms with E-state index in [0.717, 1.165) is 0 Å². The number of aryl methyl sites for hydroxylation is 1. The Bertz CT molecular complexity index is 1250. The first-order chi connectivity index (χ1) is 14.8. The van der Waals surface area contributed by atoms with E-state index in [2.05, 4.69) is 10.3 Å². The number of anilines is 1. The highest BCUT2D eigenvalue weighted by molar-refractivity contribution is 7.91. The fraction of sp³-hybridized carbons (Fsp3) is 0.136. The van der Waals surface area contributed by atoms with E-state index < -0.39 is 15.7 Å². The van der Waals surface area contributed by atoms with Gasteiger partial charge < -0.3 is 10.1 Å². The van der Waals surface area contributed by atoms with E-state index in [1.165, 1.54) is 30.5 Å². The smallest absolute Gasteiger partial charge is 0.237 e. The number of pyridine rings is 1. The molecule has 0 unspecified atom stereocenters. The normalized spacial score (nSPS) is 10.9. The topological polar surface area (TPSA) is 109 Å². The van der Waals surface area contributed by atoms with Crippen LogP contribution in [-0.4, -0.2) is 25.1 Å². The minimum absolute atomic E-state index is 0.119. The number of hydrogen-bond donors (Lipinski definition) is 1. The summed E-state index contributed by atoms with van der Waals surface area (Å²) in [5.74, 6) is -0.104. The third-order valence-electron chi connectivity index (χ3n) is 4.35. The number of carbonyl (C=O) groups is 1. The van der Waals surface area contributed by atoms with E-state index >= 15 is 0 Å². The molecule has 0 bridgehead atoms. The number of halogens is 1. The highest BCUT2D eigenvalue weighted by atomic mass is 35.5. The lowest BCUT2D eigenvalue weighted by molar-refractivity contribution is -0.115. The van der Waals surface area contributed by atoms with Gasteiger partial charge in [0.25, 0.3) is 0 Å². The number of nitrogens with one attached hydrogen (secondary N) is 1. The van der Waals surface area contributed by atoms with E-state index in [4.69, 9.17) is 21.6 Å². The van der Waals surface area contributed by atoms with Crippen LogP contribution in [0.4, 0.5) is 5.69 Å². The molecule has 1 N–H and O–H groups in total. The van der Waals surface area contributed by atoms with Crippen molar-refractivity contribution in [3.63, 3.8) is 0 Å². The van der Waals surface area contributed by atoms with Crippen LogP contribution in [0, 0.1) is 18.3 Å². The largest absolute Gasteiger partial charge is 0.438 e. The first-order valence-corrected chi connectivity index (χ1v) is 11.2. The SMILES string of the molecule is Cc1cc(Oc2ncccc2C#N)ccc1NC(=O)CCS(=O)(=O)c1ccc(Cl)cc1. The zero-order chi connectivity index (χ0) is 22.4. The predicted molar refractivity (Wildman–Crippen MR) is 117 cm³/mol. The summed E-state index contributed by atoms with van der Waals surface area (Å²) >= 11 is 5.78. The van der Waals surface area contributed by atoms with Gasteiger partial charge >= 0.3 is 0 Å². The molecule has 3 aromatic rings. The Morgan fingerprint density at radius 2 is 1.94 bits per heavy atom. The van der Waals surface area contributed by atoms with Crippen molar-refractivity contribution in [3.05, 3.63) is 76.9 Å². The first kappa shape index (κ1) is 22.3. The Morgan fingerprint density at radius 1 is 1.19 bits per heavy atom. The second-order valence-corrected chi connectivity index (χ2v) is 9.16. The summed E-state index contributed by atoms with van der Waals surface area (Å²) in [5.41, 5.74) is 1.54. The maximum Gasteiger partial charge on any atom is 0.237 e. The van der Waals surface area contributed by atoms with E-state index in [9.17, 15) is 13.2 Å². The van der Waals surface area contributed by atoms with Gasteiger partial charge in [-0.25, -0.2) is 13.4 Å². The molecule has 0 saturated heterocycles. The van der Waals surface area contributed by atoms with Gasteiger partial charge in [-0.3, -0.25) is 4.79 Å². The summed E-state index contributed by atoms with van der Waals surface area (Å²) < 4.78 is 30.4. The van der Waals surface area contributed by atoms with Gasteiger partial charge in [0, 0.05) is 23.3 Å². The van der Waals surface area contributed by atoms with Gasteiger partial charge in [0.2, 0.25) is 11.8 Å². The van der Waals surface area contributed by atoms with Crippen LogP contribution in [0.3, 0.4) is 0 Å². The Kier molecular flexibility index (Phi) is 6.90. The second kappa shape index (κ2) is 9.60. The van der Waals surface area contributed by atoms with E-state index in [-0.39, 0.29) is 22.9 Å². The summed E-state index contributed by atoms with van der Waals surface area (Å²) in [6.45, 7) is 1.77.